The number of carbonyl (C=O) groups excluding carboxylic acids is 1. The average molecular weight is 254 g/mol. The van der Waals surface area contributed by atoms with E-state index in [1.54, 1.807) is 0 Å². The molecule has 0 bridgehead atoms. The maximum absolute atomic E-state index is 12.0. The monoisotopic (exact) mass is 254 g/mol. The van der Waals surface area contributed by atoms with E-state index in [1.165, 1.54) is 0 Å². The first-order valence-corrected chi connectivity index (χ1v) is 6.83. The lowest BCUT2D eigenvalue weighted by Crippen LogP contribution is -2.54. The van der Waals surface area contributed by atoms with Gasteiger partial charge in [-0.3, -0.25) is 0 Å². The first kappa shape index (κ1) is 13.6. The standard InChI is InChI=1S/C13H26N4O/c1-13(2,3)11-9-17(12(18)15-11)8-10-7-16(4)6-5-14-10/h10-11,14H,5-9H2,1-4H3,(H,15,18). The van der Waals surface area contributed by atoms with Gasteiger partial charge in [-0.15, -0.1) is 0 Å². The van der Waals surface area contributed by atoms with E-state index in [1.807, 2.05) is 4.90 Å². The van der Waals surface area contributed by atoms with E-state index in [4.69, 9.17) is 0 Å². The number of nitrogens with one attached hydrogen (secondary N) is 2. The molecule has 104 valence electrons. The molecule has 0 aromatic heterocycles. The molecule has 2 saturated heterocycles. The van der Waals surface area contributed by atoms with Gasteiger partial charge in [0.25, 0.3) is 0 Å². The van der Waals surface area contributed by atoms with E-state index < -0.39 is 0 Å². The van der Waals surface area contributed by atoms with E-state index in [0.717, 1.165) is 32.7 Å². The lowest BCUT2D eigenvalue weighted by Gasteiger charge is -2.33. The van der Waals surface area contributed by atoms with Crippen LogP contribution in [0.5, 0.6) is 0 Å². The minimum atomic E-state index is 0.0879. The zero-order valence-electron chi connectivity index (χ0n) is 12.0. The fourth-order valence-electron chi connectivity index (χ4n) is 2.62. The Labute approximate surface area is 110 Å². The third kappa shape index (κ3) is 3.14. The lowest BCUT2D eigenvalue weighted by molar-refractivity contribution is 0.184. The molecule has 2 aliphatic heterocycles. The zero-order valence-corrected chi connectivity index (χ0v) is 12.0. The quantitative estimate of drug-likeness (QED) is 0.746. The van der Waals surface area contributed by atoms with Crippen molar-refractivity contribution in [1.29, 1.82) is 0 Å². The van der Waals surface area contributed by atoms with Gasteiger partial charge in [0.1, 0.15) is 0 Å². The summed E-state index contributed by atoms with van der Waals surface area (Å²) in [6, 6.07) is 0.740. The SMILES string of the molecule is CN1CCNC(CN2CC(C(C)(C)C)NC2=O)C1. The van der Waals surface area contributed by atoms with Crippen LogP contribution < -0.4 is 10.6 Å². The normalized spacial score (nSPS) is 30.7. The Hall–Kier alpha value is -0.810. The van der Waals surface area contributed by atoms with E-state index >= 15 is 0 Å². The Morgan fingerprint density at radius 2 is 2.06 bits per heavy atom. The van der Waals surface area contributed by atoms with Crippen molar-refractivity contribution < 1.29 is 4.79 Å². The van der Waals surface area contributed by atoms with E-state index in [0.29, 0.717) is 6.04 Å². The second-order valence-electron chi connectivity index (χ2n) is 6.69. The summed E-state index contributed by atoms with van der Waals surface area (Å²) in [5, 5.41) is 6.58. The average Bonchev–Trinajstić information content (AvgIpc) is 2.60. The topological polar surface area (TPSA) is 47.6 Å². The third-order valence-corrected chi connectivity index (χ3v) is 3.93. The highest BCUT2D eigenvalue weighted by atomic mass is 16.2. The van der Waals surface area contributed by atoms with Gasteiger partial charge in [0.2, 0.25) is 0 Å². The summed E-state index contributed by atoms with van der Waals surface area (Å²) in [7, 11) is 2.13. The Morgan fingerprint density at radius 1 is 1.33 bits per heavy atom. The van der Waals surface area contributed by atoms with Gasteiger partial charge in [0, 0.05) is 38.8 Å². The molecular formula is C13H26N4O. The van der Waals surface area contributed by atoms with Gasteiger partial charge >= 0.3 is 6.03 Å². The molecule has 0 aromatic rings. The molecule has 2 amide bonds. The molecule has 0 aromatic carbocycles. The number of piperazine rings is 1. The van der Waals surface area contributed by atoms with E-state index in [-0.39, 0.29) is 17.5 Å². The number of carbonyl (C=O) groups is 1. The summed E-state index contributed by atoms with van der Waals surface area (Å²) in [5.41, 5.74) is 0.126. The molecule has 5 nitrogen and oxygen atoms in total. The highest BCUT2D eigenvalue weighted by molar-refractivity contribution is 5.77. The molecule has 0 spiro atoms. The first-order chi connectivity index (χ1) is 8.36. The van der Waals surface area contributed by atoms with E-state index in [9.17, 15) is 4.79 Å². The number of nitrogens with zero attached hydrogens (tertiary/aromatic N) is 2. The highest BCUT2D eigenvalue weighted by Crippen LogP contribution is 2.23. The Bertz CT molecular complexity index is 313. The summed E-state index contributed by atoms with van der Waals surface area (Å²) in [5.74, 6) is 0. The molecular weight excluding hydrogens is 228 g/mol. The minimum Gasteiger partial charge on any atom is -0.333 e. The van der Waals surface area contributed by atoms with Crippen molar-refractivity contribution in [3.05, 3.63) is 0 Å². The van der Waals surface area contributed by atoms with Crippen LogP contribution in [0.1, 0.15) is 20.8 Å². The van der Waals surface area contributed by atoms with Crippen molar-refractivity contribution in [1.82, 2.24) is 20.4 Å². The fraction of sp³-hybridized carbons (Fsp3) is 0.923. The zero-order chi connectivity index (χ0) is 13.3. The molecule has 5 heteroatoms. The van der Waals surface area contributed by atoms with Crippen molar-refractivity contribution in [3.8, 4) is 0 Å². The van der Waals surface area contributed by atoms with Crippen molar-refractivity contribution in [3.63, 3.8) is 0 Å². The molecule has 0 aliphatic carbocycles. The Morgan fingerprint density at radius 3 is 2.61 bits per heavy atom. The van der Waals surface area contributed by atoms with Crippen LogP contribution in [0.4, 0.5) is 4.79 Å². The van der Waals surface area contributed by atoms with Crippen LogP contribution in [0.3, 0.4) is 0 Å². The van der Waals surface area contributed by atoms with Crippen LogP contribution in [0.25, 0.3) is 0 Å². The van der Waals surface area contributed by atoms with Gasteiger partial charge in [-0.25, -0.2) is 4.79 Å². The van der Waals surface area contributed by atoms with Crippen LogP contribution in [0.2, 0.25) is 0 Å². The molecule has 18 heavy (non-hydrogen) atoms. The molecule has 2 aliphatic rings. The summed E-state index contributed by atoms with van der Waals surface area (Å²) in [6.07, 6.45) is 0. The summed E-state index contributed by atoms with van der Waals surface area (Å²) < 4.78 is 0. The fourth-order valence-corrected chi connectivity index (χ4v) is 2.62. The maximum atomic E-state index is 12.0. The van der Waals surface area contributed by atoms with Crippen LogP contribution in [-0.2, 0) is 0 Å². The molecule has 0 saturated carbocycles. The van der Waals surface area contributed by atoms with Crippen molar-refractivity contribution in [2.24, 2.45) is 5.41 Å². The maximum Gasteiger partial charge on any atom is 0.317 e. The highest BCUT2D eigenvalue weighted by Gasteiger charge is 2.37. The number of rotatable bonds is 2. The van der Waals surface area contributed by atoms with Crippen molar-refractivity contribution in [2.45, 2.75) is 32.9 Å². The largest absolute Gasteiger partial charge is 0.333 e. The van der Waals surface area contributed by atoms with Crippen molar-refractivity contribution in [2.75, 3.05) is 39.8 Å². The molecule has 0 radical (unpaired) electrons. The number of hydrogen-bond acceptors (Lipinski definition) is 3. The Kier molecular flexibility index (Phi) is 3.82. The first-order valence-electron chi connectivity index (χ1n) is 6.83. The summed E-state index contributed by atoms with van der Waals surface area (Å²) in [6.45, 7) is 11.3. The van der Waals surface area contributed by atoms with Gasteiger partial charge in [0.15, 0.2) is 0 Å². The lowest BCUT2D eigenvalue weighted by atomic mass is 9.87. The van der Waals surface area contributed by atoms with Gasteiger partial charge in [-0.1, -0.05) is 20.8 Å². The predicted molar refractivity (Wildman–Crippen MR) is 72.6 cm³/mol. The molecule has 2 heterocycles. The number of amides is 2. The second kappa shape index (κ2) is 5.05. The third-order valence-electron chi connectivity index (χ3n) is 3.93. The molecule has 2 N–H and O–H groups in total. The van der Waals surface area contributed by atoms with Gasteiger partial charge in [0.05, 0.1) is 6.04 Å². The van der Waals surface area contributed by atoms with Crippen LogP contribution >= 0.6 is 0 Å². The molecule has 2 fully saturated rings. The van der Waals surface area contributed by atoms with Gasteiger partial charge in [-0.2, -0.15) is 0 Å². The van der Waals surface area contributed by atoms with Crippen LogP contribution in [-0.4, -0.2) is 67.7 Å². The Balaban J connectivity index is 1.88. The smallest absolute Gasteiger partial charge is 0.317 e. The molecule has 2 unspecified atom stereocenters. The van der Waals surface area contributed by atoms with Gasteiger partial charge < -0.3 is 20.4 Å². The minimum absolute atomic E-state index is 0.0879. The number of likely N-dealkylation sites (N-methyl/N-ethyl adjacent to an activating group) is 1. The van der Waals surface area contributed by atoms with E-state index in [2.05, 4.69) is 43.4 Å². The second-order valence-corrected chi connectivity index (χ2v) is 6.69. The van der Waals surface area contributed by atoms with Crippen LogP contribution in [0, 0.1) is 5.41 Å². The predicted octanol–water partition coefficient (Wildman–Crippen LogP) is 0.330. The van der Waals surface area contributed by atoms with Crippen molar-refractivity contribution >= 4 is 6.03 Å². The van der Waals surface area contributed by atoms with Crippen LogP contribution in [0.15, 0.2) is 0 Å². The molecule has 2 atom stereocenters. The summed E-state index contributed by atoms with van der Waals surface area (Å²) >= 11 is 0. The number of urea groups is 1. The summed E-state index contributed by atoms with van der Waals surface area (Å²) in [4.78, 5) is 16.2. The molecule has 2 rings (SSSR count). The van der Waals surface area contributed by atoms with Gasteiger partial charge in [-0.05, 0) is 12.5 Å². The number of hydrogen-bond donors (Lipinski definition) is 2.